The highest BCUT2D eigenvalue weighted by molar-refractivity contribution is 8.00. The lowest BCUT2D eigenvalue weighted by Gasteiger charge is -2.12. The summed E-state index contributed by atoms with van der Waals surface area (Å²) in [5.41, 5.74) is 0.750. The van der Waals surface area contributed by atoms with Crippen molar-refractivity contribution in [3.8, 4) is 10.6 Å². The third-order valence-corrected chi connectivity index (χ3v) is 5.63. The van der Waals surface area contributed by atoms with E-state index in [1.807, 2.05) is 14.0 Å². The number of nitrogens with one attached hydrogen (secondary N) is 1. The Balaban J connectivity index is 1.68. The molecule has 2 heterocycles. The Morgan fingerprint density at radius 1 is 1.32 bits per heavy atom. The van der Waals surface area contributed by atoms with E-state index in [2.05, 4.69) is 25.7 Å². The maximum atomic E-state index is 13.0. The number of thioether (sulfide) groups is 1. The summed E-state index contributed by atoms with van der Waals surface area (Å²) in [6, 6.07) is 5.97. The lowest BCUT2D eigenvalue weighted by molar-refractivity contribution is -0.115. The number of amides is 1. The second kappa shape index (κ2) is 7.70. The fraction of sp³-hybridized carbons (Fsp3) is 0.267. The second-order valence-corrected chi connectivity index (χ2v) is 7.30. The predicted octanol–water partition coefficient (Wildman–Crippen LogP) is 2.98. The van der Waals surface area contributed by atoms with E-state index in [9.17, 15) is 9.18 Å². The van der Waals surface area contributed by atoms with Gasteiger partial charge in [-0.3, -0.25) is 10.1 Å². The van der Waals surface area contributed by atoms with Gasteiger partial charge in [0.05, 0.1) is 5.25 Å². The van der Waals surface area contributed by atoms with Crippen LogP contribution in [0.25, 0.3) is 10.6 Å². The Labute approximate surface area is 151 Å². The zero-order chi connectivity index (χ0) is 17.8. The Kier molecular flexibility index (Phi) is 5.39. The zero-order valence-corrected chi connectivity index (χ0v) is 15.1. The molecule has 3 rings (SSSR count). The molecule has 0 aliphatic rings. The fourth-order valence-corrected chi connectivity index (χ4v) is 3.64. The van der Waals surface area contributed by atoms with Crippen LogP contribution in [0.3, 0.4) is 0 Å². The number of anilines is 1. The topological polar surface area (TPSA) is 85.6 Å². The molecular formula is C15H15FN6OS2. The van der Waals surface area contributed by atoms with Crippen molar-refractivity contribution in [1.29, 1.82) is 0 Å². The monoisotopic (exact) mass is 378 g/mol. The Morgan fingerprint density at radius 3 is 2.72 bits per heavy atom. The van der Waals surface area contributed by atoms with Crippen LogP contribution in [0.4, 0.5) is 9.52 Å². The molecule has 1 amide bonds. The van der Waals surface area contributed by atoms with Crippen LogP contribution >= 0.6 is 23.1 Å². The van der Waals surface area contributed by atoms with Gasteiger partial charge in [-0.1, -0.05) is 30.0 Å². The molecule has 0 aliphatic heterocycles. The number of rotatable bonds is 6. The zero-order valence-electron chi connectivity index (χ0n) is 13.5. The molecule has 1 N–H and O–H groups in total. The van der Waals surface area contributed by atoms with Crippen molar-refractivity contribution in [3.63, 3.8) is 0 Å². The molecular weight excluding hydrogens is 363 g/mol. The first-order valence-electron chi connectivity index (χ1n) is 7.47. The quantitative estimate of drug-likeness (QED) is 0.664. The number of halogens is 1. The number of aryl methyl sites for hydroxylation is 1. The van der Waals surface area contributed by atoms with Gasteiger partial charge in [-0.05, 0) is 30.7 Å². The maximum absolute atomic E-state index is 13.0. The minimum atomic E-state index is -0.318. The van der Waals surface area contributed by atoms with Crippen molar-refractivity contribution in [2.24, 2.45) is 7.05 Å². The molecule has 7 nitrogen and oxygen atoms in total. The summed E-state index contributed by atoms with van der Waals surface area (Å²) in [5.74, 6) is -0.481. The van der Waals surface area contributed by atoms with Gasteiger partial charge in [0.15, 0.2) is 5.16 Å². The highest BCUT2D eigenvalue weighted by atomic mass is 32.2. The molecule has 2 aromatic heterocycles. The number of carbonyl (C=O) groups excluding carboxylic acids is 1. The van der Waals surface area contributed by atoms with Crippen molar-refractivity contribution in [2.75, 3.05) is 5.32 Å². The molecule has 0 saturated carbocycles. The molecule has 10 heteroatoms. The van der Waals surface area contributed by atoms with Crippen LogP contribution in [0.1, 0.15) is 13.3 Å². The molecule has 0 saturated heterocycles. The SMILES string of the molecule is CC[C@H](Sc1nncn1C)C(=O)Nc1nnc(-c2ccc(F)cc2)s1. The molecule has 0 aliphatic carbocycles. The molecule has 0 unspecified atom stereocenters. The van der Waals surface area contributed by atoms with Crippen molar-refractivity contribution < 1.29 is 9.18 Å². The molecule has 1 atom stereocenters. The fourth-order valence-electron chi connectivity index (χ4n) is 2.00. The van der Waals surface area contributed by atoms with Gasteiger partial charge in [0.1, 0.15) is 17.2 Å². The normalized spacial score (nSPS) is 12.1. The molecule has 0 fully saturated rings. The summed E-state index contributed by atoms with van der Waals surface area (Å²) in [6.45, 7) is 1.93. The van der Waals surface area contributed by atoms with Crippen LogP contribution in [-0.4, -0.2) is 36.1 Å². The van der Waals surface area contributed by atoms with E-state index in [-0.39, 0.29) is 17.0 Å². The van der Waals surface area contributed by atoms with Gasteiger partial charge in [-0.15, -0.1) is 20.4 Å². The van der Waals surface area contributed by atoms with E-state index in [0.717, 1.165) is 5.56 Å². The van der Waals surface area contributed by atoms with Crippen LogP contribution in [0.15, 0.2) is 35.7 Å². The van der Waals surface area contributed by atoms with E-state index in [1.54, 1.807) is 23.0 Å². The Morgan fingerprint density at radius 2 is 2.08 bits per heavy atom. The predicted molar refractivity (Wildman–Crippen MR) is 94.9 cm³/mol. The number of aromatic nitrogens is 5. The van der Waals surface area contributed by atoms with Crippen LogP contribution < -0.4 is 5.32 Å². The number of hydrogen-bond donors (Lipinski definition) is 1. The van der Waals surface area contributed by atoms with Crippen molar-refractivity contribution in [2.45, 2.75) is 23.8 Å². The van der Waals surface area contributed by atoms with E-state index in [1.165, 1.54) is 35.2 Å². The number of hydrogen-bond acceptors (Lipinski definition) is 7. The number of nitrogens with zero attached hydrogens (tertiary/aromatic N) is 5. The van der Waals surface area contributed by atoms with Gasteiger partial charge < -0.3 is 4.57 Å². The molecule has 0 spiro atoms. The molecule has 3 aromatic rings. The van der Waals surface area contributed by atoms with E-state index < -0.39 is 0 Å². The summed E-state index contributed by atoms with van der Waals surface area (Å²) in [4.78, 5) is 12.5. The third kappa shape index (κ3) is 4.20. The average molecular weight is 378 g/mol. The summed E-state index contributed by atoms with van der Waals surface area (Å²) in [5, 5.41) is 20.0. The molecule has 0 radical (unpaired) electrons. The van der Waals surface area contributed by atoms with Gasteiger partial charge in [-0.25, -0.2) is 4.39 Å². The van der Waals surface area contributed by atoms with Gasteiger partial charge in [0.2, 0.25) is 11.0 Å². The first kappa shape index (κ1) is 17.5. The van der Waals surface area contributed by atoms with E-state index >= 15 is 0 Å². The minimum absolute atomic E-state index is 0.169. The van der Waals surface area contributed by atoms with Crippen molar-refractivity contribution in [1.82, 2.24) is 25.0 Å². The highest BCUT2D eigenvalue weighted by Gasteiger charge is 2.21. The molecule has 0 bridgehead atoms. The van der Waals surface area contributed by atoms with E-state index in [4.69, 9.17) is 0 Å². The van der Waals surface area contributed by atoms with Crippen LogP contribution in [-0.2, 0) is 11.8 Å². The molecule has 25 heavy (non-hydrogen) atoms. The summed E-state index contributed by atoms with van der Waals surface area (Å²) in [7, 11) is 1.83. The van der Waals surface area contributed by atoms with Gasteiger partial charge in [0.25, 0.3) is 0 Å². The van der Waals surface area contributed by atoms with Crippen LogP contribution in [0.5, 0.6) is 0 Å². The third-order valence-electron chi connectivity index (χ3n) is 3.33. The summed E-state index contributed by atoms with van der Waals surface area (Å²) >= 11 is 2.59. The number of benzene rings is 1. The number of carbonyl (C=O) groups is 1. The van der Waals surface area contributed by atoms with Crippen LogP contribution in [0.2, 0.25) is 0 Å². The Hall–Kier alpha value is -2.33. The summed E-state index contributed by atoms with van der Waals surface area (Å²) < 4.78 is 14.8. The van der Waals surface area contributed by atoms with Gasteiger partial charge in [-0.2, -0.15) is 0 Å². The molecule has 1 aromatic carbocycles. The van der Waals surface area contributed by atoms with Crippen molar-refractivity contribution in [3.05, 3.63) is 36.4 Å². The van der Waals surface area contributed by atoms with Gasteiger partial charge >= 0.3 is 0 Å². The smallest absolute Gasteiger partial charge is 0.239 e. The van der Waals surface area contributed by atoms with Gasteiger partial charge in [0, 0.05) is 12.6 Å². The minimum Gasteiger partial charge on any atom is -0.312 e. The van der Waals surface area contributed by atoms with Crippen molar-refractivity contribution >= 4 is 34.1 Å². The average Bonchev–Trinajstić information content (AvgIpc) is 3.22. The first-order valence-corrected chi connectivity index (χ1v) is 9.17. The molecule has 130 valence electrons. The standard InChI is InChI=1S/C15H15FN6OS2/c1-3-11(24-15-21-17-8-22(15)2)12(23)18-14-20-19-13(25-14)9-4-6-10(16)7-5-9/h4-8,11H,3H2,1-2H3,(H,18,20,23)/t11-/m0/s1. The largest absolute Gasteiger partial charge is 0.312 e. The highest BCUT2D eigenvalue weighted by Crippen LogP contribution is 2.28. The van der Waals surface area contributed by atoms with E-state index in [0.29, 0.717) is 21.7 Å². The maximum Gasteiger partial charge on any atom is 0.239 e. The first-order chi connectivity index (χ1) is 12.1. The lowest BCUT2D eigenvalue weighted by atomic mass is 10.2. The summed E-state index contributed by atoms with van der Waals surface area (Å²) in [6.07, 6.45) is 2.22. The Bertz CT molecular complexity index is 863. The van der Waals surface area contributed by atoms with Crippen LogP contribution in [0, 0.1) is 5.82 Å². The second-order valence-electron chi connectivity index (χ2n) is 5.15. The lowest BCUT2D eigenvalue weighted by Crippen LogP contribution is -2.24.